The van der Waals surface area contributed by atoms with Crippen LogP contribution in [0.4, 0.5) is 0 Å². The molecule has 1 N–H and O–H groups in total. The van der Waals surface area contributed by atoms with Gasteiger partial charge in [-0.2, -0.15) is 0 Å². The number of aliphatic hydroxyl groups excluding tert-OH is 1. The highest BCUT2D eigenvalue weighted by Crippen LogP contribution is 2.77. The summed E-state index contributed by atoms with van der Waals surface area (Å²) >= 11 is 0. The monoisotopic (exact) mass is 384 g/mol. The van der Waals surface area contributed by atoms with E-state index in [1.807, 2.05) is 6.07 Å². The zero-order chi connectivity index (χ0) is 19.3. The maximum atomic E-state index is 11.4. The topological polar surface area (TPSA) is 63.0 Å². The summed E-state index contributed by atoms with van der Waals surface area (Å²) in [6.45, 7) is 4.97. The van der Waals surface area contributed by atoms with Crippen molar-refractivity contribution in [2.24, 2.45) is 28.6 Å². The standard InChI is InChI=1S/C24H32O4/c1-22-9-7-16(25)11-15(22)4-5-18-17(22)8-10-23(2)19(12-20-24(18,23)28-20)14-3-6-21(26)27-13-14/h3,6,13,15-20,25H,4-5,7-12H2,1-2H3/t15-,16+,17-,18+,19+,20-,22-,23+,24-/m0/s1. The third-order valence-electron chi connectivity index (χ3n) is 10.2. The Kier molecular flexibility index (Phi) is 3.49. The van der Waals surface area contributed by atoms with Crippen LogP contribution in [0.25, 0.3) is 0 Å². The molecule has 0 radical (unpaired) electrons. The first-order valence-corrected chi connectivity index (χ1v) is 11.3. The molecule has 0 aromatic carbocycles. The van der Waals surface area contributed by atoms with Gasteiger partial charge < -0.3 is 14.3 Å². The molecule has 1 aromatic rings. The predicted octanol–water partition coefficient (Wildman–Crippen LogP) is 4.26. The van der Waals surface area contributed by atoms with Crippen LogP contribution in [0.1, 0.15) is 76.7 Å². The lowest BCUT2D eigenvalue weighted by molar-refractivity contribution is -0.139. The second kappa shape index (κ2) is 5.51. The average molecular weight is 385 g/mol. The van der Waals surface area contributed by atoms with E-state index < -0.39 is 0 Å². The van der Waals surface area contributed by atoms with Gasteiger partial charge in [-0.15, -0.1) is 0 Å². The molecule has 28 heavy (non-hydrogen) atoms. The van der Waals surface area contributed by atoms with E-state index in [4.69, 9.17) is 9.15 Å². The summed E-state index contributed by atoms with van der Waals surface area (Å²) < 4.78 is 11.8. The molecule has 1 spiro atoms. The van der Waals surface area contributed by atoms with Gasteiger partial charge in [-0.25, -0.2) is 4.79 Å². The smallest absolute Gasteiger partial charge is 0.335 e. The fourth-order valence-electron chi connectivity index (χ4n) is 8.74. The summed E-state index contributed by atoms with van der Waals surface area (Å²) in [5.41, 5.74) is 1.44. The second-order valence-electron chi connectivity index (χ2n) is 11.0. The normalized spacial score (nSPS) is 54.2. The molecule has 1 aliphatic heterocycles. The fraction of sp³-hybridized carbons (Fsp3) is 0.792. The van der Waals surface area contributed by atoms with Crippen LogP contribution in [0.5, 0.6) is 0 Å². The van der Waals surface area contributed by atoms with Crippen molar-refractivity contribution in [1.82, 2.24) is 0 Å². The number of aliphatic hydroxyl groups is 1. The molecular formula is C24H32O4. The van der Waals surface area contributed by atoms with Gasteiger partial charge in [0.15, 0.2) is 0 Å². The van der Waals surface area contributed by atoms with Gasteiger partial charge in [-0.3, -0.25) is 0 Å². The molecule has 4 saturated carbocycles. The quantitative estimate of drug-likeness (QED) is 0.735. The van der Waals surface area contributed by atoms with Crippen molar-refractivity contribution in [3.63, 3.8) is 0 Å². The van der Waals surface area contributed by atoms with E-state index in [1.165, 1.54) is 37.7 Å². The SMILES string of the molecule is C[C@]12CC[C@@H](O)C[C@@H]1CC[C@@H]1[C@@H]2CC[C@]2(C)[C@@H](c3ccc(=O)oc3)C[C@@H]3O[C@]312. The number of ether oxygens (including phenoxy) is 1. The Bertz CT molecular complexity index is 842. The third-order valence-corrected chi connectivity index (χ3v) is 10.2. The lowest BCUT2D eigenvalue weighted by Gasteiger charge is -2.61. The Morgan fingerprint density at radius 1 is 1.04 bits per heavy atom. The van der Waals surface area contributed by atoms with Crippen LogP contribution < -0.4 is 5.63 Å². The number of hydrogen-bond acceptors (Lipinski definition) is 4. The number of fused-ring (bicyclic) bond motifs is 3. The van der Waals surface area contributed by atoms with Gasteiger partial charge in [0.05, 0.1) is 18.5 Å². The van der Waals surface area contributed by atoms with Gasteiger partial charge in [-0.1, -0.05) is 13.8 Å². The van der Waals surface area contributed by atoms with Crippen molar-refractivity contribution in [1.29, 1.82) is 0 Å². The van der Waals surface area contributed by atoms with Crippen molar-refractivity contribution in [2.45, 2.75) is 88.9 Å². The molecule has 0 unspecified atom stereocenters. The van der Waals surface area contributed by atoms with Gasteiger partial charge in [0.25, 0.3) is 0 Å². The summed E-state index contributed by atoms with van der Waals surface area (Å²) in [5.74, 6) is 2.48. The molecule has 9 atom stereocenters. The molecule has 5 aliphatic rings. The molecule has 4 nitrogen and oxygen atoms in total. The van der Waals surface area contributed by atoms with E-state index in [2.05, 4.69) is 13.8 Å². The van der Waals surface area contributed by atoms with Crippen LogP contribution in [-0.2, 0) is 4.74 Å². The Morgan fingerprint density at radius 2 is 1.89 bits per heavy atom. The largest absolute Gasteiger partial charge is 0.431 e. The number of epoxide rings is 1. The van der Waals surface area contributed by atoms with Crippen LogP contribution in [0.3, 0.4) is 0 Å². The van der Waals surface area contributed by atoms with Gasteiger partial charge >= 0.3 is 5.63 Å². The van der Waals surface area contributed by atoms with Crippen LogP contribution >= 0.6 is 0 Å². The van der Waals surface area contributed by atoms with Gasteiger partial charge in [-0.05, 0) is 92.1 Å². The third kappa shape index (κ3) is 2.01. The zero-order valence-electron chi connectivity index (χ0n) is 17.0. The van der Waals surface area contributed by atoms with Crippen LogP contribution in [0.2, 0.25) is 0 Å². The van der Waals surface area contributed by atoms with E-state index in [1.54, 1.807) is 12.3 Å². The minimum absolute atomic E-state index is 0.0285. The maximum Gasteiger partial charge on any atom is 0.335 e. The van der Waals surface area contributed by atoms with Gasteiger partial charge in [0, 0.05) is 11.5 Å². The average Bonchev–Trinajstić information content (AvgIpc) is 3.33. The van der Waals surface area contributed by atoms with Crippen LogP contribution in [0, 0.1) is 28.6 Å². The Labute approximate surface area is 166 Å². The molecule has 0 amide bonds. The summed E-state index contributed by atoms with van der Waals surface area (Å²) in [6.07, 6.45) is 11.1. The first kappa shape index (κ1) is 17.7. The molecule has 1 saturated heterocycles. The highest BCUT2D eigenvalue weighted by atomic mass is 16.6. The zero-order valence-corrected chi connectivity index (χ0v) is 17.0. The first-order valence-electron chi connectivity index (χ1n) is 11.3. The lowest BCUT2D eigenvalue weighted by Crippen LogP contribution is -2.58. The lowest BCUT2D eigenvalue weighted by atomic mass is 9.44. The Morgan fingerprint density at radius 3 is 2.68 bits per heavy atom. The molecule has 5 fully saturated rings. The van der Waals surface area contributed by atoms with Crippen LogP contribution in [0.15, 0.2) is 27.6 Å². The van der Waals surface area contributed by atoms with Crippen molar-refractivity contribution >= 4 is 0 Å². The van der Waals surface area contributed by atoms with Crippen molar-refractivity contribution < 1.29 is 14.3 Å². The molecule has 4 aliphatic carbocycles. The highest BCUT2D eigenvalue weighted by molar-refractivity contribution is 5.35. The minimum Gasteiger partial charge on any atom is -0.431 e. The maximum absolute atomic E-state index is 11.4. The second-order valence-corrected chi connectivity index (χ2v) is 11.0. The molecule has 4 heteroatoms. The summed E-state index contributed by atoms with van der Waals surface area (Å²) in [4.78, 5) is 11.4. The summed E-state index contributed by atoms with van der Waals surface area (Å²) in [6, 6.07) is 3.55. The predicted molar refractivity (Wildman–Crippen MR) is 105 cm³/mol. The molecule has 152 valence electrons. The van der Waals surface area contributed by atoms with Gasteiger partial charge in [0.1, 0.15) is 5.60 Å². The Balaban J connectivity index is 1.36. The minimum atomic E-state index is -0.266. The van der Waals surface area contributed by atoms with E-state index in [0.29, 0.717) is 29.3 Å². The molecule has 0 bridgehead atoms. The van der Waals surface area contributed by atoms with E-state index in [0.717, 1.165) is 25.2 Å². The fourth-order valence-corrected chi connectivity index (χ4v) is 8.74. The molecule has 2 heterocycles. The van der Waals surface area contributed by atoms with Crippen molar-refractivity contribution in [2.75, 3.05) is 0 Å². The Hall–Kier alpha value is -1.13. The van der Waals surface area contributed by atoms with E-state index in [-0.39, 0.29) is 22.7 Å². The number of hydrogen-bond donors (Lipinski definition) is 1. The molecule has 6 rings (SSSR count). The van der Waals surface area contributed by atoms with E-state index >= 15 is 0 Å². The van der Waals surface area contributed by atoms with Crippen LogP contribution in [-0.4, -0.2) is 22.9 Å². The van der Waals surface area contributed by atoms with Crippen molar-refractivity contribution in [3.05, 3.63) is 34.4 Å². The van der Waals surface area contributed by atoms with Crippen molar-refractivity contribution in [3.8, 4) is 0 Å². The first-order chi connectivity index (χ1) is 13.4. The van der Waals surface area contributed by atoms with E-state index in [9.17, 15) is 9.90 Å². The molecule has 1 aromatic heterocycles. The highest BCUT2D eigenvalue weighted by Gasteiger charge is 2.80. The summed E-state index contributed by atoms with van der Waals surface area (Å²) in [7, 11) is 0. The summed E-state index contributed by atoms with van der Waals surface area (Å²) in [5, 5.41) is 10.2. The van der Waals surface area contributed by atoms with Gasteiger partial charge in [0.2, 0.25) is 0 Å². The molecular weight excluding hydrogens is 352 g/mol. The number of rotatable bonds is 1.